The number of hydrogen-bond acceptors (Lipinski definition) is 4. The normalized spacial score (nSPS) is 11.3. The molecule has 1 N–H and O–H groups in total. The van der Waals surface area contributed by atoms with Gasteiger partial charge in [0, 0.05) is 11.9 Å². The van der Waals surface area contributed by atoms with Gasteiger partial charge in [0.05, 0.1) is 0 Å². The number of anilines is 1. The molecule has 0 saturated carbocycles. The molecule has 0 amide bonds. The van der Waals surface area contributed by atoms with E-state index in [2.05, 4.69) is 16.4 Å². The van der Waals surface area contributed by atoms with Crippen molar-refractivity contribution in [2.24, 2.45) is 0 Å². The van der Waals surface area contributed by atoms with Gasteiger partial charge in [-0.25, -0.2) is 4.98 Å². The van der Waals surface area contributed by atoms with Crippen LogP contribution < -0.4 is 5.32 Å². The Morgan fingerprint density at radius 2 is 1.95 bits per heavy atom. The molecule has 0 saturated heterocycles. The van der Waals surface area contributed by atoms with Crippen molar-refractivity contribution in [2.45, 2.75) is 6.92 Å². The molecule has 1 heterocycles. The zero-order valence-corrected chi connectivity index (χ0v) is 11.5. The third kappa shape index (κ3) is 2.63. The monoisotopic (exact) mass is 275 g/mol. The fourth-order valence-corrected chi connectivity index (χ4v) is 2.01. The number of aromatic nitrogens is 1. The molecule has 0 aliphatic heterocycles. The molecule has 0 bridgehead atoms. The van der Waals surface area contributed by atoms with Gasteiger partial charge in [-0.3, -0.25) is 0 Å². The number of benzene rings is 2. The van der Waals surface area contributed by atoms with E-state index < -0.39 is 0 Å². The van der Waals surface area contributed by atoms with E-state index >= 15 is 0 Å². The number of oxazole rings is 1. The van der Waals surface area contributed by atoms with Crippen LogP contribution in [0.2, 0.25) is 0 Å². The van der Waals surface area contributed by atoms with E-state index in [0.717, 1.165) is 16.8 Å². The Kier molecular flexibility index (Phi) is 3.40. The van der Waals surface area contributed by atoms with Gasteiger partial charge in [0.2, 0.25) is 5.89 Å². The van der Waals surface area contributed by atoms with Crippen molar-refractivity contribution < 1.29 is 4.42 Å². The Balaban J connectivity index is 1.93. The van der Waals surface area contributed by atoms with E-state index in [1.54, 1.807) is 6.20 Å². The van der Waals surface area contributed by atoms with Crippen LogP contribution in [0.1, 0.15) is 11.5 Å². The third-order valence-corrected chi connectivity index (χ3v) is 3.16. The van der Waals surface area contributed by atoms with E-state index in [-0.39, 0.29) is 0 Å². The molecule has 0 fully saturated rings. The number of nitriles is 1. The van der Waals surface area contributed by atoms with Crippen LogP contribution >= 0.6 is 0 Å². The van der Waals surface area contributed by atoms with Crippen molar-refractivity contribution in [3.63, 3.8) is 0 Å². The summed E-state index contributed by atoms with van der Waals surface area (Å²) in [4.78, 5) is 4.32. The topological polar surface area (TPSA) is 61.9 Å². The maximum absolute atomic E-state index is 9.29. The van der Waals surface area contributed by atoms with Gasteiger partial charge in [0.1, 0.15) is 17.2 Å². The Morgan fingerprint density at radius 1 is 1.19 bits per heavy atom. The standard InChI is InChI=1S/C17H13N3O/c1-12-6-2-3-7-14(12)19-11-13(10-18)17-20-15-8-4-5-9-16(15)21-17/h2-9,11,19H,1H3/b13-11+. The minimum absolute atomic E-state index is 0.319. The van der Waals surface area contributed by atoms with Gasteiger partial charge >= 0.3 is 0 Å². The fraction of sp³-hybridized carbons (Fsp3) is 0.0588. The smallest absolute Gasteiger partial charge is 0.239 e. The molecule has 1 aromatic heterocycles. The lowest BCUT2D eigenvalue weighted by Crippen LogP contribution is -1.93. The Morgan fingerprint density at radius 3 is 2.71 bits per heavy atom. The molecule has 0 spiro atoms. The van der Waals surface area contributed by atoms with Crippen molar-refractivity contribution >= 4 is 22.4 Å². The van der Waals surface area contributed by atoms with E-state index in [4.69, 9.17) is 4.42 Å². The maximum atomic E-state index is 9.29. The highest BCUT2D eigenvalue weighted by Gasteiger charge is 2.10. The number of hydrogen-bond donors (Lipinski definition) is 1. The average molecular weight is 275 g/mol. The zero-order valence-electron chi connectivity index (χ0n) is 11.5. The number of para-hydroxylation sites is 3. The minimum atomic E-state index is 0.319. The predicted molar refractivity (Wildman–Crippen MR) is 82.4 cm³/mol. The quantitative estimate of drug-likeness (QED) is 0.730. The molecule has 21 heavy (non-hydrogen) atoms. The Hall–Kier alpha value is -3.06. The van der Waals surface area contributed by atoms with E-state index in [1.165, 1.54) is 0 Å². The molecule has 2 aromatic carbocycles. The third-order valence-electron chi connectivity index (χ3n) is 3.16. The van der Waals surface area contributed by atoms with Gasteiger partial charge in [0.15, 0.2) is 5.58 Å². The summed E-state index contributed by atoms with van der Waals surface area (Å²) in [6.07, 6.45) is 1.62. The van der Waals surface area contributed by atoms with Gasteiger partial charge in [-0.05, 0) is 30.7 Å². The molecule has 3 rings (SSSR count). The van der Waals surface area contributed by atoms with Crippen LogP contribution in [0.15, 0.2) is 59.1 Å². The van der Waals surface area contributed by atoms with Crippen molar-refractivity contribution in [1.82, 2.24) is 4.98 Å². The first-order valence-electron chi connectivity index (χ1n) is 6.56. The molecule has 4 nitrogen and oxygen atoms in total. The summed E-state index contributed by atoms with van der Waals surface area (Å²) in [6, 6.07) is 17.4. The van der Waals surface area contributed by atoms with Gasteiger partial charge in [-0.1, -0.05) is 30.3 Å². The first-order chi connectivity index (χ1) is 10.3. The van der Waals surface area contributed by atoms with Crippen molar-refractivity contribution in [2.75, 3.05) is 5.32 Å². The number of rotatable bonds is 3. The van der Waals surface area contributed by atoms with E-state index in [9.17, 15) is 5.26 Å². The number of nitrogens with zero attached hydrogens (tertiary/aromatic N) is 2. The lowest BCUT2D eigenvalue weighted by atomic mass is 10.2. The zero-order chi connectivity index (χ0) is 14.7. The maximum Gasteiger partial charge on any atom is 0.239 e. The Bertz CT molecular complexity index is 823. The van der Waals surface area contributed by atoms with Crippen LogP contribution in [-0.2, 0) is 0 Å². The number of aryl methyl sites for hydroxylation is 1. The van der Waals surface area contributed by atoms with Crippen LogP contribution in [0.25, 0.3) is 16.7 Å². The lowest BCUT2D eigenvalue weighted by Gasteiger charge is -2.04. The van der Waals surface area contributed by atoms with Crippen molar-refractivity contribution in [3.8, 4) is 6.07 Å². The second-order valence-electron chi connectivity index (χ2n) is 4.62. The second-order valence-corrected chi connectivity index (χ2v) is 4.62. The highest BCUT2D eigenvalue weighted by atomic mass is 16.3. The van der Waals surface area contributed by atoms with Gasteiger partial charge in [-0.15, -0.1) is 0 Å². The van der Waals surface area contributed by atoms with Crippen LogP contribution in [0.5, 0.6) is 0 Å². The number of nitrogens with one attached hydrogen (secondary N) is 1. The van der Waals surface area contributed by atoms with Crippen LogP contribution in [-0.4, -0.2) is 4.98 Å². The summed E-state index contributed by atoms with van der Waals surface area (Å²) in [5, 5.41) is 12.4. The van der Waals surface area contributed by atoms with E-state index in [1.807, 2.05) is 55.5 Å². The van der Waals surface area contributed by atoms with Crippen molar-refractivity contribution in [1.29, 1.82) is 5.26 Å². The molecule has 0 atom stereocenters. The fourth-order valence-electron chi connectivity index (χ4n) is 2.01. The van der Waals surface area contributed by atoms with E-state index in [0.29, 0.717) is 17.0 Å². The van der Waals surface area contributed by atoms with Crippen LogP contribution in [0, 0.1) is 18.3 Å². The summed E-state index contributed by atoms with van der Waals surface area (Å²) in [7, 11) is 0. The minimum Gasteiger partial charge on any atom is -0.435 e. The van der Waals surface area contributed by atoms with Gasteiger partial charge < -0.3 is 9.73 Å². The largest absolute Gasteiger partial charge is 0.435 e. The molecular formula is C17H13N3O. The molecule has 3 aromatic rings. The molecular weight excluding hydrogens is 262 g/mol. The highest BCUT2D eigenvalue weighted by molar-refractivity contribution is 5.80. The number of allylic oxidation sites excluding steroid dienone is 1. The predicted octanol–water partition coefficient (Wildman–Crippen LogP) is 4.11. The summed E-state index contributed by atoms with van der Waals surface area (Å²) in [5.74, 6) is 0.319. The Labute approximate surface area is 122 Å². The van der Waals surface area contributed by atoms with Crippen molar-refractivity contribution in [3.05, 3.63) is 66.2 Å². The summed E-state index contributed by atoms with van der Waals surface area (Å²) in [6.45, 7) is 2.00. The van der Waals surface area contributed by atoms with Crippen LogP contribution in [0.3, 0.4) is 0 Å². The molecule has 0 aliphatic carbocycles. The first-order valence-corrected chi connectivity index (χ1v) is 6.56. The van der Waals surface area contributed by atoms with Gasteiger partial charge in [-0.2, -0.15) is 5.26 Å². The second kappa shape index (κ2) is 5.51. The molecule has 0 aliphatic rings. The first kappa shape index (κ1) is 12.9. The molecule has 4 heteroatoms. The SMILES string of the molecule is Cc1ccccc1N/C=C(\C#N)c1nc2ccccc2o1. The summed E-state index contributed by atoms with van der Waals surface area (Å²) in [5.41, 5.74) is 3.81. The lowest BCUT2D eigenvalue weighted by molar-refractivity contribution is 0.586. The number of fused-ring (bicyclic) bond motifs is 1. The summed E-state index contributed by atoms with van der Waals surface area (Å²) >= 11 is 0. The van der Waals surface area contributed by atoms with Gasteiger partial charge in [0.25, 0.3) is 0 Å². The summed E-state index contributed by atoms with van der Waals surface area (Å²) < 4.78 is 5.60. The highest BCUT2D eigenvalue weighted by Crippen LogP contribution is 2.21. The molecule has 0 radical (unpaired) electrons. The molecule has 102 valence electrons. The molecule has 0 unspecified atom stereocenters. The van der Waals surface area contributed by atoms with Crippen LogP contribution in [0.4, 0.5) is 5.69 Å². The average Bonchev–Trinajstić information content (AvgIpc) is 2.93.